The summed E-state index contributed by atoms with van der Waals surface area (Å²) in [5.41, 5.74) is 2.52. The van der Waals surface area contributed by atoms with Crippen molar-refractivity contribution in [3.8, 4) is 0 Å². The quantitative estimate of drug-likeness (QED) is 0.424. The van der Waals surface area contributed by atoms with E-state index in [1.807, 2.05) is 13.8 Å². The number of nitrogens with one attached hydrogen (secondary N) is 2. The van der Waals surface area contributed by atoms with Gasteiger partial charge in [-0.05, 0) is 6.42 Å². The topological polar surface area (TPSA) is 92.9 Å². The predicted octanol–water partition coefficient (Wildman–Crippen LogP) is 1.96. The molecule has 0 aliphatic heterocycles. The molecule has 0 saturated carbocycles. The van der Waals surface area contributed by atoms with Gasteiger partial charge in [-0.1, -0.05) is 13.8 Å². The molecule has 6 nitrogen and oxygen atoms in total. The molecule has 1 amide bonds. The van der Waals surface area contributed by atoms with Crippen LogP contribution in [0, 0.1) is 0 Å². The van der Waals surface area contributed by atoms with E-state index in [2.05, 4.69) is 20.7 Å². The van der Waals surface area contributed by atoms with Gasteiger partial charge in [-0.3, -0.25) is 10.6 Å². The number of amides is 1. The van der Waals surface area contributed by atoms with Gasteiger partial charge in [0.25, 0.3) is 5.91 Å². The highest BCUT2D eigenvalue weighted by molar-refractivity contribution is 5.97. The summed E-state index contributed by atoms with van der Waals surface area (Å²) in [5, 5.41) is 2.39. The van der Waals surface area contributed by atoms with Crippen molar-refractivity contribution in [3.63, 3.8) is 0 Å². The number of halogens is 3. The number of aromatic nitrogens is 2. The lowest BCUT2D eigenvalue weighted by Gasteiger charge is -2.11. The summed E-state index contributed by atoms with van der Waals surface area (Å²) in [5.74, 6) is 5.14. The maximum Gasteiger partial charge on any atom is 0.389 e. The average molecular weight is 305 g/mol. The number of nitrogens with two attached hydrogens (primary N) is 1. The second-order valence-corrected chi connectivity index (χ2v) is 4.76. The maximum atomic E-state index is 12.0. The second-order valence-electron chi connectivity index (χ2n) is 4.76. The van der Waals surface area contributed by atoms with Crippen molar-refractivity contribution in [2.75, 3.05) is 12.0 Å². The first-order valence-electron chi connectivity index (χ1n) is 6.43. The van der Waals surface area contributed by atoms with E-state index in [4.69, 9.17) is 5.84 Å². The number of hydrogen-bond donors (Lipinski definition) is 3. The van der Waals surface area contributed by atoms with Crippen LogP contribution in [0.1, 0.15) is 48.9 Å². The Morgan fingerprint density at radius 1 is 1.43 bits per heavy atom. The first-order chi connectivity index (χ1) is 9.74. The molecule has 1 aromatic rings. The Morgan fingerprint density at radius 3 is 2.62 bits per heavy atom. The third-order valence-corrected chi connectivity index (χ3v) is 2.62. The zero-order valence-electron chi connectivity index (χ0n) is 11.8. The molecule has 0 bridgehead atoms. The summed E-state index contributed by atoms with van der Waals surface area (Å²) in [4.78, 5) is 20.1. The Labute approximate surface area is 120 Å². The molecule has 0 aliphatic rings. The number of hydrogen-bond acceptors (Lipinski definition) is 5. The van der Waals surface area contributed by atoms with Gasteiger partial charge in [0.1, 0.15) is 5.82 Å². The van der Waals surface area contributed by atoms with Gasteiger partial charge < -0.3 is 10.7 Å². The molecular formula is C12H18F3N5O. The normalized spacial score (nSPS) is 11.6. The maximum absolute atomic E-state index is 12.0. The number of hydrazine groups is 1. The number of nitrogens with zero attached hydrogens (tertiary/aromatic N) is 2. The minimum absolute atomic E-state index is 0.00797. The van der Waals surface area contributed by atoms with Crippen molar-refractivity contribution in [1.29, 1.82) is 0 Å². The molecule has 1 rings (SSSR count). The standard InChI is InChI=1S/C12H18F3N5O/c1-7(2)10-18-6-8(20-16)9(19-10)11(21)17-5-3-4-12(13,14)15/h6-7,20H,3-5,16H2,1-2H3,(H,17,21). The predicted molar refractivity (Wildman–Crippen MR) is 71.6 cm³/mol. The third-order valence-electron chi connectivity index (χ3n) is 2.62. The summed E-state index contributed by atoms with van der Waals surface area (Å²) < 4.78 is 36.0. The van der Waals surface area contributed by atoms with Gasteiger partial charge in [-0.25, -0.2) is 9.97 Å². The number of carbonyl (C=O) groups excluding carboxylic acids is 1. The van der Waals surface area contributed by atoms with E-state index in [-0.39, 0.29) is 30.3 Å². The number of carbonyl (C=O) groups is 1. The molecule has 1 aromatic heterocycles. The van der Waals surface area contributed by atoms with E-state index < -0.39 is 18.5 Å². The van der Waals surface area contributed by atoms with Crippen LogP contribution in [0.2, 0.25) is 0 Å². The van der Waals surface area contributed by atoms with Crippen LogP contribution in [-0.2, 0) is 0 Å². The Morgan fingerprint density at radius 2 is 2.10 bits per heavy atom. The number of nitrogen functional groups attached to an aromatic ring is 1. The lowest BCUT2D eigenvalue weighted by molar-refractivity contribution is -0.135. The monoisotopic (exact) mass is 305 g/mol. The van der Waals surface area contributed by atoms with E-state index in [0.29, 0.717) is 5.82 Å². The van der Waals surface area contributed by atoms with E-state index >= 15 is 0 Å². The van der Waals surface area contributed by atoms with Crippen LogP contribution < -0.4 is 16.6 Å². The van der Waals surface area contributed by atoms with Crippen molar-refractivity contribution in [1.82, 2.24) is 15.3 Å². The molecule has 0 aliphatic carbocycles. The van der Waals surface area contributed by atoms with Gasteiger partial charge in [0, 0.05) is 18.9 Å². The highest BCUT2D eigenvalue weighted by Crippen LogP contribution is 2.21. The Bertz CT molecular complexity index is 490. The average Bonchev–Trinajstić information content (AvgIpc) is 2.41. The molecule has 4 N–H and O–H groups in total. The zero-order chi connectivity index (χ0) is 16.0. The smallest absolute Gasteiger partial charge is 0.351 e. The molecule has 118 valence electrons. The van der Waals surface area contributed by atoms with Crippen LogP contribution in [0.15, 0.2) is 6.20 Å². The fraction of sp³-hybridized carbons (Fsp3) is 0.583. The zero-order valence-corrected chi connectivity index (χ0v) is 11.8. The van der Waals surface area contributed by atoms with E-state index in [1.54, 1.807) is 0 Å². The van der Waals surface area contributed by atoms with Crippen LogP contribution in [0.4, 0.5) is 18.9 Å². The highest BCUT2D eigenvalue weighted by atomic mass is 19.4. The number of alkyl halides is 3. The van der Waals surface area contributed by atoms with Crippen molar-refractivity contribution >= 4 is 11.6 Å². The van der Waals surface area contributed by atoms with Crippen molar-refractivity contribution < 1.29 is 18.0 Å². The highest BCUT2D eigenvalue weighted by Gasteiger charge is 2.26. The minimum atomic E-state index is -4.23. The van der Waals surface area contributed by atoms with Gasteiger partial charge in [0.15, 0.2) is 5.69 Å². The molecule has 0 saturated heterocycles. The van der Waals surface area contributed by atoms with Gasteiger partial charge in [-0.15, -0.1) is 0 Å². The molecule has 9 heteroatoms. The molecule has 0 spiro atoms. The largest absolute Gasteiger partial charge is 0.389 e. The second kappa shape index (κ2) is 7.21. The van der Waals surface area contributed by atoms with Crippen LogP contribution in [0.3, 0.4) is 0 Å². The molecule has 0 fully saturated rings. The Kier molecular flexibility index (Phi) is 5.89. The summed E-state index contributed by atoms with van der Waals surface area (Å²) in [6, 6.07) is 0. The van der Waals surface area contributed by atoms with Crippen LogP contribution in [-0.4, -0.2) is 28.6 Å². The Balaban J connectivity index is 2.70. The van der Waals surface area contributed by atoms with Crippen molar-refractivity contribution in [2.45, 2.75) is 38.8 Å². The summed E-state index contributed by atoms with van der Waals surface area (Å²) in [6.07, 6.45) is -4.00. The molecule has 0 unspecified atom stereocenters. The summed E-state index contributed by atoms with van der Waals surface area (Å²) in [6.45, 7) is 3.62. The molecule has 0 aromatic carbocycles. The van der Waals surface area contributed by atoms with Gasteiger partial charge >= 0.3 is 6.18 Å². The minimum Gasteiger partial charge on any atom is -0.351 e. The lowest BCUT2D eigenvalue weighted by atomic mass is 10.2. The molecule has 0 atom stereocenters. The van der Waals surface area contributed by atoms with E-state index in [0.717, 1.165) is 0 Å². The Hall–Kier alpha value is -1.90. The number of anilines is 1. The third kappa shape index (κ3) is 5.54. The van der Waals surface area contributed by atoms with Crippen molar-refractivity contribution in [3.05, 3.63) is 17.7 Å². The van der Waals surface area contributed by atoms with Crippen molar-refractivity contribution in [2.24, 2.45) is 5.84 Å². The van der Waals surface area contributed by atoms with Crippen LogP contribution in [0.25, 0.3) is 0 Å². The van der Waals surface area contributed by atoms with E-state index in [1.165, 1.54) is 6.20 Å². The van der Waals surface area contributed by atoms with Crippen LogP contribution >= 0.6 is 0 Å². The number of rotatable bonds is 6. The van der Waals surface area contributed by atoms with Gasteiger partial charge in [0.05, 0.1) is 11.9 Å². The first kappa shape index (κ1) is 17.2. The van der Waals surface area contributed by atoms with Gasteiger partial charge in [0.2, 0.25) is 0 Å². The lowest BCUT2D eigenvalue weighted by Crippen LogP contribution is -2.28. The fourth-order valence-electron chi connectivity index (χ4n) is 1.53. The summed E-state index contributed by atoms with van der Waals surface area (Å²) >= 11 is 0. The fourth-order valence-corrected chi connectivity index (χ4v) is 1.53. The summed E-state index contributed by atoms with van der Waals surface area (Å²) in [7, 11) is 0. The molecular weight excluding hydrogens is 287 g/mol. The first-order valence-corrected chi connectivity index (χ1v) is 6.43. The molecule has 0 radical (unpaired) electrons. The van der Waals surface area contributed by atoms with Gasteiger partial charge in [-0.2, -0.15) is 13.2 Å². The SMILES string of the molecule is CC(C)c1ncc(NN)c(C(=O)NCCCC(F)(F)F)n1. The van der Waals surface area contributed by atoms with E-state index in [9.17, 15) is 18.0 Å². The van der Waals surface area contributed by atoms with Crippen LogP contribution in [0.5, 0.6) is 0 Å². The molecule has 1 heterocycles. The molecule has 21 heavy (non-hydrogen) atoms.